The van der Waals surface area contributed by atoms with Gasteiger partial charge in [-0.2, -0.15) is 0 Å². The van der Waals surface area contributed by atoms with Crippen LogP contribution in [0.25, 0.3) is 0 Å². The van der Waals surface area contributed by atoms with Gasteiger partial charge in [-0.1, -0.05) is 13.8 Å². The first kappa shape index (κ1) is 22.5. The highest BCUT2D eigenvalue weighted by Crippen LogP contribution is 2.25. The Morgan fingerprint density at radius 3 is 2.64 bits per heavy atom. The van der Waals surface area contributed by atoms with Crippen LogP contribution >= 0.6 is 35.3 Å². The van der Waals surface area contributed by atoms with Crippen molar-refractivity contribution >= 4 is 46.3 Å². The first-order valence-corrected chi connectivity index (χ1v) is 9.92. The summed E-state index contributed by atoms with van der Waals surface area (Å²) in [5.41, 5.74) is -0.134. The number of halogens is 1. The van der Waals surface area contributed by atoms with E-state index < -0.39 is 0 Å². The molecule has 144 valence electrons. The predicted molar refractivity (Wildman–Crippen MR) is 120 cm³/mol. The van der Waals surface area contributed by atoms with Crippen LogP contribution in [0.1, 0.15) is 40.0 Å². The minimum Gasteiger partial charge on any atom is -0.396 e. The maximum atomic E-state index is 9.55. The lowest BCUT2D eigenvalue weighted by Gasteiger charge is -2.34. The topological polar surface area (TPSA) is 59.9 Å². The molecular weight excluding hydrogens is 447 g/mol. The van der Waals surface area contributed by atoms with Crippen molar-refractivity contribution in [3.05, 3.63) is 17.5 Å². The number of aliphatic hydroxyl groups is 1. The fourth-order valence-electron chi connectivity index (χ4n) is 2.75. The number of rotatable bonds is 7. The second kappa shape index (κ2) is 11.2. The Labute approximate surface area is 173 Å². The van der Waals surface area contributed by atoms with Gasteiger partial charge in [0.25, 0.3) is 0 Å². The van der Waals surface area contributed by atoms with Crippen LogP contribution in [0.5, 0.6) is 0 Å². The molecule has 7 heteroatoms. The predicted octanol–water partition coefficient (Wildman–Crippen LogP) is 3.30. The van der Waals surface area contributed by atoms with E-state index in [1.807, 2.05) is 11.3 Å². The molecule has 3 N–H and O–H groups in total. The zero-order valence-electron chi connectivity index (χ0n) is 15.6. The van der Waals surface area contributed by atoms with Gasteiger partial charge in [0, 0.05) is 31.1 Å². The lowest BCUT2D eigenvalue weighted by atomic mass is 9.89. The van der Waals surface area contributed by atoms with Gasteiger partial charge in [0.2, 0.25) is 0 Å². The first-order chi connectivity index (χ1) is 11.6. The summed E-state index contributed by atoms with van der Waals surface area (Å²) in [4.78, 5) is 7.18. The van der Waals surface area contributed by atoms with Gasteiger partial charge in [0.15, 0.2) is 5.96 Å². The van der Waals surface area contributed by atoms with Gasteiger partial charge in [0.05, 0.1) is 18.2 Å². The zero-order chi connectivity index (χ0) is 17.4. The standard InChI is InChI=1S/C18H32N4OS.HI/c1-4-18(3,14-23)13-20-17(19-5-2)21-15-8-10-22(11-9-15)16-7-6-12-24-16;/h6-7,12,15,23H,4-5,8-11,13-14H2,1-3H3,(H2,19,20,21);1H. The van der Waals surface area contributed by atoms with Gasteiger partial charge >= 0.3 is 0 Å². The van der Waals surface area contributed by atoms with Crippen LogP contribution in [0.15, 0.2) is 22.5 Å². The molecule has 0 aromatic carbocycles. The lowest BCUT2D eigenvalue weighted by molar-refractivity contribution is 0.145. The number of nitrogens with one attached hydrogen (secondary N) is 2. The number of hydrogen-bond donors (Lipinski definition) is 3. The second-order valence-corrected chi connectivity index (χ2v) is 7.80. The number of hydrogen-bond acceptors (Lipinski definition) is 4. The Balaban J connectivity index is 0.00000312. The molecule has 1 atom stereocenters. The summed E-state index contributed by atoms with van der Waals surface area (Å²) in [6.45, 7) is 10.1. The third-order valence-electron chi connectivity index (χ3n) is 4.85. The molecule has 25 heavy (non-hydrogen) atoms. The summed E-state index contributed by atoms with van der Waals surface area (Å²) in [6, 6.07) is 4.78. The SMILES string of the molecule is CCNC(=NCC(C)(CC)CO)NC1CCN(c2cccs2)CC1.I. The highest BCUT2D eigenvalue weighted by molar-refractivity contribution is 14.0. The summed E-state index contributed by atoms with van der Waals surface area (Å²) in [5, 5.41) is 20.0. The van der Waals surface area contributed by atoms with E-state index in [-0.39, 0.29) is 36.0 Å². The number of nitrogens with zero attached hydrogens (tertiary/aromatic N) is 2. The van der Waals surface area contributed by atoms with Crippen LogP contribution in [-0.4, -0.2) is 49.9 Å². The van der Waals surface area contributed by atoms with Crippen molar-refractivity contribution in [2.24, 2.45) is 10.4 Å². The molecule has 0 bridgehead atoms. The van der Waals surface area contributed by atoms with Crippen LogP contribution in [-0.2, 0) is 0 Å². The van der Waals surface area contributed by atoms with Crippen molar-refractivity contribution in [3.63, 3.8) is 0 Å². The van der Waals surface area contributed by atoms with E-state index in [0.29, 0.717) is 12.6 Å². The third-order valence-corrected chi connectivity index (χ3v) is 5.78. The van der Waals surface area contributed by atoms with Crippen molar-refractivity contribution < 1.29 is 5.11 Å². The van der Waals surface area contributed by atoms with Gasteiger partial charge < -0.3 is 20.6 Å². The zero-order valence-corrected chi connectivity index (χ0v) is 18.8. The molecule has 1 fully saturated rings. The Hall–Kier alpha value is -0.540. The molecule has 1 aromatic rings. The summed E-state index contributed by atoms with van der Waals surface area (Å²) >= 11 is 1.81. The monoisotopic (exact) mass is 480 g/mol. The van der Waals surface area contributed by atoms with Crippen molar-refractivity contribution in [3.8, 4) is 0 Å². The minimum absolute atomic E-state index is 0. The highest BCUT2D eigenvalue weighted by Gasteiger charge is 2.23. The fourth-order valence-corrected chi connectivity index (χ4v) is 3.54. The van der Waals surface area contributed by atoms with Gasteiger partial charge in [-0.25, -0.2) is 0 Å². The smallest absolute Gasteiger partial charge is 0.191 e. The van der Waals surface area contributed by atoms with Gasteiger partial charge in [-0.05, 0) is 43.7 Å². The number of anilines is 1. The largest absolute Gasteiger partial charge is 0.396 e. The minimum atomic E-state index is -0.134. The van der Waals surface area contributed by atoms with E-state index >= 15 is 0 Å². The summed E-state index contributed by atoms with van der Waals surface area (Å²) in [6.07, 6.45) is 3.16. The molecule has 1 aromatic heterocycles. The Bertz CT molecular complexity index is 497. The number of thiophene rings is 1. The second-order valence-electron chi connectivity index (χ2n) is 6.87. The Morgan fingerprint density at radius 1 is 1.40 bits per heavy atom. The highest BCUT2D eigenvalue weighted by atomic mass is 127. The quantitative estimate of drug-likeness (QED) is 0.319. The van der Waals surface area contributed by atoms with Crippen LogP contribution in [0.4, 0.5) is 5.00 Å². The van der Waals surface area contributed by atoms with Crippen LogP contribution < -0.4 is 15.5 Å². The number of guanidine groups is 1. The molecule has 0 saturated carbocycles. The molecule has 1 aliphatic rings. The molecule has 0 aliphatic carbocycles. The summed E-state index contributed by atoms with van der Waals surface area (Å²) < 4.78 is 0. The molecule has 5 nitrogen and oxygen atoms in total. The van der Waals surface area contributed by atoms with Crippen molar-refractivity contribution in [2.45, 2.75) is 46.1 Å². The van der Waals surface area contributed by atoms with Crippen molar-refractivity contribution in [2.75, 3.05) is 37.7 Å². The van der Waals surface area contributed by atoms with E-state index in [9.17, 15) is 5.11 Å². The van der Waals surface area contributed by atoms with E-state index in [2.05, 4.69) is 53.8 Å². The molecule has 0 amide bonds. The third kappa shape index (κ3) is 6.94. The maximum absolute atomic E-state index is 9.55. The molecule has 0 radical (unpaired) electrons. The number of piperidine rings is 1. The fraction of sp³-hybridized carbons (Fsp3) is 0.722. The van der Waals surface area contributed by atoms with Gasteiger partial charge in [-0.15, -0.1) is 35.3 Å². The summed E-state index contributed by atoms with van der Waals surface area (Å²) in [7, 11) is 0. The average Bonchev–Trinajstić information content (AvgIpc) is 3.15. The van der Waals surface area contributed by atoms with Crippen LogP contribution in [0.2, 0.25) is 0 Å². The van der Waals surface area contributed by atoms with Crippen LogP contribution in [0.3, 0.4) is 0 Å². The molecule has 2 rings (SSSR count). The van der Waals surface area contributed by atoms with Crippen molar-refractivity contribution in [1.82, 2.24) is 10.6 Å². The van der Waals surface area contributed by atoms with Crippen molar-refractivity contribution in [1.29, 1.82) is 0 Å². The first-order valence-electron chi connectivity index (χ1n) is 9.04. The number of aliphatic imine (C=N–C) groups is 1. The molecule has 2 heterocycles. The van der Waals surface area contributed by atoms with Gasteiger partial charge in [0.1, 0.15) is 0 Å². The lowest BCUT2D eigenvalue weighted by Crippen LogP contribution is -2.49. The summed E-state index contributed by atoms with van der Waals surface area (Å²) in [5.74, 6) is 0.875. The maximum Gasteiger partial charge on any atom is 0.191 e. The van der Waals surface area contributed by atoms with E-state index in [0.717, 1.165) is 44.9 Å². The van der Waals surface area contributed by atoms with E-state index in [1.165, 1.54) is 5.00 Å². The molecule has 0 spiro atoms. The Morgan fingerprint density at radius 2 is 2.12 bits per heavy atom. The number of aliphatic hydroxyl groups excluding tert-OH is 1. The average molecular weight is 480 g/mol. The van der Waals surface area contributed by atoms with Crippen LogP contribution in [0, 0.1) is 5.41 Å². The molecule has 1 unspecified atom stereocenters. The van der Waals surface area contributed by atoms with E-state index in [4.69, 9.17) is 4.99 Å². The molecule has 1 aliphatic heterocycles. The van der Waals surface area contributed by atoms with Gasteiger partial charge in [-0.3, -0.25) is 4.99 Å². The Kier molecular flexibility index (Phi) is 10.1. The molecular formula is C18H33IN4OS. The molecule has 1 saturated heterocycles. The van der Waals surface area contributed by atoms with E-state index in [1.54, 1.807) is 0 Å². The normalized spacial score (nSPS) is 18.4.